The summed E-state index contributed by atoms with van der Waals surface area (Å²) < 4.78 is 0. The van der Waals surface area contributed by atoms with Crippen molar-refractivity contribution in [3.63, 3.8) is 0 Å². The Kier molecular flexibility index (Phi) is 10.6. The van der Waals surface area contributed by atoms with E-state index in [1.807, 2.05) is 0 Å². The van der Waals surface area contributed by atoms with Crippen LogP contribution in [0.5, 0.6) is 0 Å². The molecule has 0 atom stereocenters. The van der Waals surface area contributed by atoms with E-state index in [4.69, 9.17) is 0 Å². The monoisotopic (exact) mass is 214 g/mol. The number of hydrogen-bond donors (Lipinski definition) is 0. The van der Waals surface area contributed by atoms with Crippen LogP contribution in [0, 0.1) is 0 Å². The average molecular weight is 214 g/mol. The Balaban J connectivity index is 2.79. The van der Waals surface area contributed by atoms with Crippen molar-refractivity contribution >= 4 is 16.9 Å². The second kappa shape index (κ2) is 10.3. The first-order chi connectivity index (χ1) is 5.41. The van der Waals surface area contributed by atoms with Gasteiger partial charge in [-0.3, -0.25) is 0 Å². The molecular weight excluding hydrogens is 195 g/mol. The molecule has 0 N–H and O–H groups in total. The molecule has 0 aromatic heterocycles. The van der Waals surface area contributed by atoms with Crippen LogP contribution in [0.3, 0.4) is 0 Å². The van der Waals surface area contributed by atoms with Crippen LogP contribution in [0.25, 0.3) is 0 Å². The molecule has 11 heavy (non-hydrogen) atoms. The van der Waals surface area contributed by atoms with Crippen molar-refractivity contribution in [2.45, 2.75) is 51.9 Å². The van der Waals surface area contributed by atoms with E-state index >= 15 is 0 Å². The first kappa shape index (κ1) is 11.3. The first-order valence-electron chi connectivity index (χ1n) is 4.71. The summed E-state index contributed by atoms with van der Waals surface area (Å²) in [6, 6.07) is 0. The van der Waals surface area contributed by atoms with Crippen LogP contribution in [-0.4, -0.2) is 16.9 Å². The van der Waals surface area contributed by atoms with E-state index in [0.717, 1.165) is 0 Å². The van der Waals surface area contributed by atoms with Crippen molar-refractivity contribution in [3.05, 3.63) is 10.9 Å². The molecule has 0 unspecified atom stereocenters. The van der Waals surface area contributed by atoms with Crippen LogP contribution in [0.15, 0.2) is 10.9 Å². The maximum atomic E-state index is 2.48. The van der Waals surface area contributed by atoms with Crippen molar-refractivity contribution in [1.29, 1.82) is 0 Å². The topological polar surface area (TPSA) is 0 Å². The summed E-state index contributed by atoms with van der Waals surface area (Å²) in [5, 5.41) is 0. The quantitative estimate of drug-likeness (QED) is 0.450. The van der Waals surface area contributed by atoms with Gasteiger partial charge in [-0.15, -0.1) is 0 Å². The van der Waals surface area contributed by atoms with Crippen LogP contribution >= 0.6 is 0 Å². The van der Waals surface area contributed by atoms with Gasteiger partial charge in [-0.25, -0.2) is 0 Å². The molecule has 0 fully saturated rings. The fourth-order valence-corrected chi connectivity index (χ4v) is 1.43. The van der Waals surface area contributed by atoms with E-state index < -0.39 is 0 Å². The van der Waals surface area contributed by atoms with E-state index in [-0.39, 0.29) is 0 Å². The Morgan fingerprint density at radius 2 is 1.64 bits per heavy atom. The number of rotatable bonds is 7. The number of allylic oxidation sites excluding steroid dienone is 1. The van der Waals surface area contributed by atoms with E-state index in [0.29, 0.717) is 0 Å². The second-order valence-corrected chi connectivity index (χ2v) is 3.57. The Morgan fingerprint density at radius 3 is 2.27 bits per heavy atom. The van der Waals surface area contributed by atoms with Crippen LogP contribution in [0.2, 0.25) is 0 Å². The van der Waals surface area contributed by atoms with Crippen molar-refractivity contribution < 1.29 is 0 Å². The van der Waals surface area contributed by atoms with Crippen molar-refractivity contribution in [2.75, 3.05) is 0 Å². The minimum absolute atomic E-state index is 1.26. The normalized spacial score (nSPS) is 11.1. The standard InChI is InChI=1S/C10H19As/c1-2-3-4-5-6-7-8-9-10-11/h9-10H,2-8H2,1H3. The van der Waals surface area contributed by atoms with Crippen LogP contribution < -0.4 is 0 Å². The summed E-state index contributed by atoms with van der Waals surface area (Å²) in [7, 11) is 0. The Bertz CT molecular complexity index is 86.9. The molecule has 0 spiro atoms. The number of unbranched alkanes of at least 4 members (excludes halogenated alkanes) is 6. The van der Waals surface area contributed by atoms with Crippen LogP contribution in [-0.2, 0) is 0 Å². The summed E-state index contributed by atoms with van der Waals surface area (Å²) in [6.45, 7) is 2.26. The molecule has 0 aliphatic carbocycles. The molecule has 0 aliphatic heterocycles. The third-order valence-corrected chi connectivity index (χ3v) is 2.27. The van der Waals surface area contributed by atoms with Gasteiger partial charge in [-0.2, -0.15) is 0 Å². The first-order valence-corrected chi connectivity index (χ1v) is 5.79. The van der Waals surface area contributed by atoms with Crippen molar-refractivity contribution in [3.8, 4) is 0 Å². The molecule has 0 amide bonds. The second-order valence-electron chi connectivity index (χ2n) is 2.94. The SMILES string of the molecule is CCCCCCCCC=C[As]. The summed E-state index contributed by atoms with van der Waals surface area (Å²) in [4.78, 5) is 2.08. The minimum atomic E-state index is 1.26. The van der Waals surface area contributed by atoms with Gasteiger partial charge in [0.1, 0.15) is 0 Å². The van der Waals surface area contributed by atoms with Crippen LogP contribution in [0.1, 0.15) is 51.9 Å². The summed E-state index contributed by atoms with van der Waals surface area (Å²) >= 11 is 2.48. The average Bonchev–Trinajstić information content (AvgIpc) is 2.03. The Hall–Kier alpha value is 0.298. The van der Waals surface area contributed by atoms with E-state index in [1.54, 1.807) is 0 Å². The van der Waals surface area contributed by atoms with Gasteiger partial charge in [0.05, 0.1) is 0 Å². The van der Waals surface area contributed by atoms with Gasteiger partial charge in [-0.05, 0) is 0 Å². The zero-order chi connectivity index (χ0) is 8.36. The van der Waals surface area contributed by atoms with Gasteiger partial charge in [-0.1, -0.05) is 0 Å². The fourth-order valence-electron chi connectivity index (χ4n) is 1.12. The molecule has 0 nitrogen and oxygen atoms in total. The van der Waals surface area contributed by atoms with Gasteiger partial charge < -0.3 is 0 Å². The fraction of sp³-hybridized carbons (Fsp3) is 0.800. The summed E-state index contributed by atoms with van der Waals surface area (Å²) in [5.41, 5.74) is 0. The predicted molar refractivity (Wildman–Crippen MR) is 52.9 cm³/mol. The summed E-state index contributed by atoms with van der Waals surface area (Å²) in [6.07, 6.45) is 11.9. The van der Waals surface area contributed by atoms with Gasteiger partial charge in [0.25, 0.3) is 0 Å². The van der Waals surface area contributed by atoms with Gasteiger partial charge in [0.2, 0.25) is 0 Å². The molecular formula is C10H19As. The predicted octanol–water partition coefficient (Wildman–Crippen LogP) is 3.42. The Labute approximate surface area is 80.0 Å². The molecule has 0 aliphatic rings. The van der Waals surface area contributed by atoms with Crippen molar-refractivity contribution in [2.24, 2.45) is 0 Å². The molecule has 2 radical (unpaired) electrons. The molecule has 1 heteroatoms. The molecule has 0 saturated heterocycles. The molecule has 0 aromatic carbocycles. The van der Waals surface area contributed by atoms with Crippen LogP contribution in [0.4, 0.5) is 0 Å². The van der Waals surface area contributed by atoms with E-state index in [9.17, 15) is 0 Å². The molecule has 0 saturated carbocycles. The number of hydrogen-bond acceptors (Lipinski definition) is 0. The van der Waals surface area contributed by atoms with E-state index in [2.05, 4.69) is 34.7 Å². The van der Waals surface area contributed by atoms with Gasteiger partial charge in [0.15, 0.2) is 0 Å². The molecule has 0 aromatic rings. The molecule has 0 rings (SSSR count). The maximum absolute atomic E-state index is 2.48. The van der Waals surface area contributed by atoms with Gasteiger partial charge >= 0.3 is 79.7 Å². The molecule has 0 heterocycles. The Morgan fingerprint density at radius 1 is 1.00 bits per heavy atom. The zero-order valence-corrected chi connectivity index (χ0v) is 9.43. The molecule has 64 valence electrons. The van der Waals surface area contributed by atoms with Crippen molar-refractivity contribution in [1.82, 2.24) is 0 Å². The third kappa shape index (κ3) is 10.3. The third-order valence-electron chi connectivity index (χ3n) is 1.83. The zero-order valence-electron chi connectivity index (χ0n) is 7.55. The summed E-state index contributed by atoms with van der Waals surface area (Å²) in [5.74, 6) is 0. The van der Waals surface area contributed by atoms with Gasteiger partial charge in [0, 0.05) is 0 Å². The molecule has 0 bridgehead atoms. The van der Waals surface area contributed by atoms with E-state index in [1.165, 1.54) is 44.9 Å².